The third-order valence-electron chi connectivity index (χ3n) is 2.34. The highest BCUT2D eigenvalue weighted by Crippen LogP contribution is 2.24. The Morgan fingerprint density at radius 3 is 2.83 bits per heavy atom. The van der Waals surface area contributed by atoms with Crippen molar-refractivity contribution in [2.75, 3.05) is 11.1 Å². The standard InChI is InChI=1S/C11H9BrFN3OS/c1-5-7(13)2-6(3-8(5)14)10(17)16-11-15-4-9(12)18-11/h2-4H,14H2,1H3,(H,15,16,17). The van der Waals surface area contributed by atoms with E-state index < -0.39 is 11.7 Å². The Hall–Kier alpha value is -1.47. The van der Waals surface area contributed by atoms with Crippen molar-refractivity contribution in [3.63, 3.8) is 0 Å². The number of hydrogen-bond donors (Lipinski definition) is 2. The van der Waals surface area contributed by atoms with Gasteiger partial charge >= 0.3 is 0 Å². The van der Waals surface area contributed by atoms with Crippen LogP contribution in [0.3, 0.4) is 0 Å². The SMILES string of the molecule is Cc1c(N)cc(C(=O)Nc2ncc(Br)s2)cc1F. The fraction of sp³-hybridized carbons (Fsp3) is 0.0909. The van der Waals surface area contributed by atoms with Gasteiger partial charge in [0.05, 0.1) is 9.98 Å². The Labute approximate surface area is 115 Å². The molecule has 18 heavy (non-hydrogen) atoms. The lowest BCUT2D eigenvalue weighted by Crippen LogP contribution is -2.13. The maximum absolute atomic E-state index is 13.5. The summed E-state index contributed by atoms with van der Waals surface area (Å²) in [6.45, 7) is 1.56. The maximum Gasteiger partial charge on any atom is 0.257 e. The molecule has 2 rings (SSSR count). The minimum Gasteiger partial charge on any atom is -0.398 e. The van der Waals surface area contributed by atoms with Crippen LogP contribution >= 0.6 is 27.3 Å². The van der Waals surface area contributed by atoms with Gasteiger partial charge in [0.1, 0.15) is 5.82 Å². The summed E-state index contributed by atoms with van der Waals surface area (Å²) >= 11 is 4.51. The van der Waals surface area contributed by atoms with Crippen LogP contribution in [-0.2, 0) is 0 Å². The summed E-state index contributed by atoms with van der Waals surface area (Å²) in [5.74, 6) is -0.942. The monoisotopic (exact) mass is 329 g/mol. The number of nitrogens with two attached hydrogens (primary N) is 1. The normalized spacial score (nSPS) is 10.4. The molecule has 0 aliphatic rings. The van der Waals surface area contributed by atoms with Gasteiger partial charge in [-0.05, 0) is 35.0 Å². The number of nitrogen functional groups attached to an aromatic ring is 1. The van der Waals surface area contributed by atoms with E-state index >= 15 is 0 Å². The number of halogens is 2. The van der Waals surface area contributed by atoms with Crippen molar-refractivity contribution in [3.05, 3.63) is 39.1 Å². The molecule has 1 heterocycles. The van der Waals surface area contributed by atoms with Crippen LogP contribution in [0.25, 0.3) is 0 Å². The van der Waals surface area contributed by atoms with Crippen molar-refractivity contribution in [3.8, 4) is 0 Å². The molecule has 1 aromatic heterocycles. The first-order valence-corrected chi connectivity index (χ1v) is 6.56. The summed E-state index contributed by atoms with van der Waals surface area (Å²) in [6, 6.07) is 2.60. The third-order valence-corrected chi connectivity index (χ3v) is 3.74. The second-order valence-electron chi connectivity index (χ2n) is 3.60. The Bertz CT molecular complexity index is 591. The minimum absolute atomic E-state index is 0.168. The molecule has 3 N–H and O–H groups in total. The lowest BCUT2D eigenvalue weighted by atomic mass is 10.1. The van der Waals surface area contributed by atoms with Gasteiger partial charge in [-0.2, -0.15) is 0 Å². The Kier molecular flexibility index (Phi) is 3.63. The second kappa shape index (κ2) is 5.03. The molecule has 7 heteroatoms. The van der Waals surface area contributed by atoms with Crippen LogP contribution < -0.4 is 11.1 Å². The molecule has 1 amide bonds. The van der Waals surface area contributed by atoms with Crippen LogP contribution in [0, 0.1) is 12.7 Å². The van der Waals surface area contributed by atoms with E-state index in [-0.39, 0.29) is 11.3 Å². The van der Waals surface area contributed by atoms with E-state index in [1.807, 2.05) is 0 Å². The van der Waals surface area contributed by atoms with Crippen molar-refractivity contribution in [1.29, 1.82) is 0 Å². The molecule has 1 aromatic carbocycles. The highest BCUT2D eigenvalue weighted by Gasteiger charge is 2.12. The molecule has 0 aliphatic carbocycles. The third kappa shape index (κ3) is 2.68. The zero-order chi connectivity index (χ0) is 13.3. The molecule has 0 spiro atoms. The summed E-state index contributed by atoms with van der Waals surface area (Å²) in [6.07, 6.45) is 1.57. The topological polar surface area (TPSA) is 68.0 Å². The maximum atomic E-state index is 13.5. The number of hydrogen-bond acceptors (Lipinski definition) is 4. The molecule has 94 valence electrons. The number of carbonyl (C=O) groups is 1. The first-order chi connectivity index (χ1) is 8.47. The van der Waals surface area contributed by atoms with Crippen LogP contribution in [0.5, 0.6) is 0 Å². The van der Waals surface area contributed by atoms with Gasteiger partial charge in [0.25, 0.3) is 5.91 Å². The highest BCUT2D eigenvalue weighted by atomic mass is 79.9. The van der Waals surface area contributed by atoms with E-state index in [1.54, 1.807) is 13.1 Å². The van der Waals surface area contributed by atoms with Gasteiger partial charge in [0.15, 0.2) is 5.13 Å². The molecule has 0 bridgehead atoms. The summed E-state index contributed by atoms with van der Waals surface area (Å²) in [7, 11) is 0. The average molecular weight is 330 g/mol. The number of aromatic nitrogens is 1. The van der Waals surface area contributed by atoms with E-state index in [0.29, 0.717) is 10.7 Å². The highest BCUT2D eigenvalue weighted by molar-refractivity contribution is 9.11. The molecule has 4 nitrogen and oxygen atoms in total. The molecule has 2 aromatic rings. The fourth-order valence-corrected chi connectivity index (χ4v) is 2.41. The Balaban J connectivity index is 2.24. The van der Waals surface area contributed by atoms with Crippen molar-refractivity contribution < 1.29 is 9.18 Å². The fourth-order valence-electron chi connectivity index (χ4n) is 1.31. The molecule has 0 unspecified atom stereocenters. The number of anilines is 2. The van der Waals surface area contributed by atoms with Crippen LogP contribution in [0.1, 0.15) is 15.9 Å². The number of amides is 1. The summed E-state index contributed by atoms with van der Waals surface area (Å²) in [5, 5.41) is 3.01. The largest absolute Gasteiger partial charge is 0.398 e. The van der Waals surface area contributed by atoms with Gasteiger partial charge in [0.2, 0.25) is 0 Å². The van der Waals surface area contributed by atoms with Gasteiger partial charge in [-0.3, -0.25) is 10.1 Å². The van der Waals surface area contributed by atoms with Gasteiger partial charge in [-0.1, -0.05) is 11.3 Å². The van der Waals surface area contributed by atoms with E-state index in [0.717, 1.165) is 9.85 Å². The zero-order valence-electron chi connectivity index (χ0n) is 9.33. The predicted octanol–water partition coefficient (Wildman–Crippen LogP) is 3.19. The zero-order valence-corrected chi connectivity index (χ0v) is 11.7. The summed E-state index contributed by atoms with van der Waals surface area (Å²) < 4.78 is 14.3. The number of nitrogens with zero attached hydrogens (tertiary/aromatic N) is 1. The van der Waals surface area contributed by atoms with Gasteiger partial charge in [0, 0.05) is 16.8 Å². The lowest BCUT2D eigenvalue weighted by Gasteiger charge is -2.06. The van der Waals surface area contributed by atoms with Crippen LogP contribution in [-0.4, -0.2) is 10.9 Å². The number of benzene rings is 1. The number of rotatable bonds is 2. The average Bonchev–Trinajstić information content (AvgIpc) is 2.71. The van der Waals surface area contributed by atoms with Gasteiger partial charge < -0.3 is 5.73 Å². The first-order valence-electron chi connectivity index (χ1n) is 4.95. The van der Waals surface area contributed by atoms with Gasteiger partial charge in [-0.15, -0.1) is 0 Å². The summed E-state index contributed by atoms with van der Waals surface area (Å²) in [5.41, 5.74) is 6.37. The van der Waals surface area contributed by atoms with Gasteiger partial charge in [-0.25, -0.2) is 9.37 Å². The van der Waals surface area contributed by atoms with E-state index in [9.17, 15) is 9.18 Å². The van der Waals surface area contributed by atoms with Crippen LogP contribution in [0.2, 0.25) is 0 Å². The van der Waals surface area contributed by atoms with Crippen molar-refractivity contribution in [2.24, 2.45) is 0 Å². The quantitative estimate of drug-likeness (QED) is 0.831. The lowest BCUT2D eigenvalue weighted by molar-refractivity contribution is 0.102. The minimum atomic E-state index is -0.500. The molecule has 0 saturated carbocycles. The number of carbonyl (C=O) groups excluding carboxylic acids is 1. The Morgan fingerprint density at radius 2 is 2.28 bits per heavy atom. The van der Waals surface area contributed by atoms with E-state index in [2.05, 4.69) is 26.2 Å². The van der Waals surface area contributed by atoms with E-state index in [1.165, 1.54) is 17.4 Å². The van der Waals surface area contributed by atoms with Crippen molar-refractivity contribution >= 4 is 44.0 Å². The van der Waals surface area contributed by atoms with Crippen LogP contribution in [0.4, 0.5) is 15.2 Å². The Morgan fingerprint density at radius 1 is 1.56 bits per heavy atom. The molecular weight excluding hydrogens is 321 g/mol. The number of thiazole rings is 1. The smallest absolute Gasteiger partial charge is 0.257 e. The van der Waals surface area contributed by atoms with Crippen LogP contribution in [0.15, 0.2) is 22.1 Å². The number of nitrogens with one attached hydrogen (secondary N) is 1. The first kappa shape index (κ1) is 13.0. The van der Waals surface area contributed by atoms with E-state index in [4.69, 9.17) is 5.73 Å². The molecule has 0 fully saturated rings. The molecule has 0 atom stereocenters. The molecule has 0 aliphatic heterocycles. The predicted molar refractivity (Wildman–Crippen MR) is 73.3 cm³/mol. The summed E-state index contributed by atoms with van der Waals surface area (Å²) in [4.78, 5) is 15.8. The van der Waals surface area contributed by atoms with Crippen molar-refractivity contribution in [2.45, 2.75) is 6.92 Å². The molecule has 0 radical (unpaired) electrons. The molecular formula is C11H9BrFN3OS. The molecule has 0 saturated heterocycles. The second-order valence-corrected chi connectivity index (χ2v) is 6.01. The van der Waals surface area contributed by atoms with Crippen molar-refractivity contribution in [1.82, 2.24) is 4.98 Å².